The monoisotopic (exact) mass is 291 g/mol. The van der Waals surface area contributed by atoms with Crippen LogP contribution < -0.4 is 16.0 Å². The summed E-state index contributed by atoms with van der Waals surface area (Å²) in [6.07, 6.45) is 3.17. The van der Waals surface area contributed by atoms with Crippen LogP contribution in [0.25, 0.3) is 0 Å². The highest BCUT2D eigenvalue weighted by Crippen LogP contribution is 2.31. The van der Waals surface area contributed by atoms with Crippen molar-refractivity contribution in [2.24, 2.45) is 5.73 Å². The van der Waals surface area contributed by atoms with E-state index in [-0.39, 0.29) is 5.91 Å². The maximum Gasteiger partial charge on any atom is 0.239 e. The highest BCUT2D eigenvalue weighted by atomic mass is 16.5. The Labute approximate surface area is 126 Å². The van der Waals surface area contributed by atoms with E-state index in [2.05, 4.69) is 22.3 Å². The van der Waals surface area contributed by atoms with Crippen molar-refractivity contribution in [3.63, 3.8) is 0 Å². The Balaban J connectivity index is 1.88. The van der Waals surface area contributed by atoms with Crippen LogP contribution >= 0.6 is 0 Å². The van der Waals surface area contributed by atoms with E-state index in [4.69, 9.17) is 10.5 Å². The highest BCUT2D eigenvalue weighted by Gasteiger charge is 2.30. The third-order valence-electron chi connectivity index (χ3n) is 3.65. The Morgan fingerprint density at radius 2 is 2.10 bits per heavy atom. The third-order valence-corrected chi connectivity index (χ3v) is 3.65. The first kappa shape index (κ1) is 15.8. The number of amides is 1. The molecule has 2 rings (SSSR count). The first-order valence-electron chi connectivity index (χ1n) is 7.56. The molecular formula is C16H25N3O2. The van der Waals surface area contributed by atoms with E-state index in [1.165, 1.54) is 0 Å². The number of nitrogens with zero attached hydrogens (tertiary/aromatic N) is 1. The van der Waals surface area contributed by atoms with Crippen LogP contribution in [-0.4, -0.2) is 38.8 Å². The SMILES string of the molecule is COCCCNC(=O)CN(c1ccc(CN)cc1)C1CC1. The number of nitrogens with one attached hydrogen (secondary N) is 1. The van der Waals surface area contributed by atoms with Gasteiger partial charge in [-0.05, 0) is 37.0 Å². The number of hydrogen-bond donors (Lipinski definition) is 2. The van der Waals surface area contributed by atoms with Crippen molar-refractivity contribution < 1.29 is 9.53 Å². The van der Waals surface area contributed by atoms with Gasteiger partial charge in [0.15, 0.2) is 0 Å². The summed E-state index contributed by atoms with van der Waals surface area (Å²) >= 11 is 0. The van der Waals surface area contributed by atoms with Crippen LogP contribution in [0.2, 0.25) is 0 Å². The Morgan fingerprint density at radius 1 is 1.38 bits per heavy atom. The molecule has 1 saturated carbocycles. The molecule has 1 aromatic carbocycles. The van der Waals surface area contributed by atoms with Gasteiger partial charge in [0.2, 0.25) is 5.91 Å². The first-order valence-corrected chi connectivity index (χ1v) is 7.56. The second-order valence-electron chi connectivity index (χ2n) is 5.43. The minimum Gasteiger partial charge on any atom is -0.385 e. The van der Waals surface area contributed by atoms with Crippen LogP contribution in [0.1, 0.15) is 24.8 Å². The van der Waals surface area contributed by atoms with Gasteiger partial charge in [-0.2, -0.15) is 0 Å². The summed E-state index contributed by atoms with van der Waals surface area (Å²) in [4.78, 5) is 14.2. The molecule has 1 aliphatic carbocycles. The van der Waals surface area contributed by atoms with Crippen molar-refractivity contribution in [3.05, 3.63) is 29.8 Å². The van der Waals surface area contributed by atoms with E-state index in [0.717, 1.165) is 30.5 Å². The van der Waals surface area contributed by atoms with Gasteiger partial charge >= 0.3 is 0 Å². The fraction of sp³-hybridized carbons (Fsp3) is 0.562. The van der Waals surface area contributed by atoms with Gasteiger partial charge in [-0.1, -0.05) is 12.1 Å². The maximum absolute atomic E-state index is 12.0. The van der Waals surface area contributed by atoms with Crippen molar-refractivity contribution >= 4 is 11.6 Å². The zero-order valence-corrected chi connectivity index (χ0v) is 12.7. The topological polar surface area (TPSA) is 67.6 Å². The average Bonchev–Trinajstić information content (AvgIpc) is 3.34. The molecule has 5 nitrogen and oxygen atoms in total. The summed E-state index contributed by atoms with van der Waals surface area (Å²) < 4.78 is 4.97. The number of anilines is 1. The molecule has 0 heterocycles. The van der Waals surface area contributed by atoms with Gasteiger partial charge in [0, 0.05) is 38.5 Å². The van der Waals surface area contributed by atoms with Gasteiger partial charge in [-0.25, -0.2) is 0 Å². The molecular weight excluding hydrogens is 266 g/mol. The minimum atomic E-state index is 0.0703. The molecule has 0 spiro atoms. The Kier molecular flexibility index (Phi) is 6.02. The van der Waals surface area contributed by atoms with Crippen LogP contribution in [0, 0.1) is 0 Å². The first-order chi connectivity index (χ1) is 10.2. The lowest BCUT2D eigenvalue weighted by molar-refractivity contribution is -0.119. The zero-order valence-electron chi connectivity index (χ0n) is 12.7. The largest absolute Gasteiger partial charge is 0.385 e. The van der Waals surface area contributed by atoms with Gasteiger partial charge in [0.25, 0.3) is 0 Å². The lowest BCUT2D eigenvalue weighted by atomic mass is 10.2. The molecule has 0 aromatic heterocycles. The smallest absolute Gasteiger partial charge is 0.239 e. The molecule has 116 valence electrons. The van der Waals surface area contributed by atoms with Crippen LogP contribution in [0.3, 0.4) is 0 Å². The highest BCUT2D eigenvalue weighted by molar-refractivity contribution is 5.81. The molecule has 21 heavy (non-hydrogen) atoms. The third kappa shape index (κ3) is 5.02. The zero-order chi connectivity index (χ0) is 15.1. The summed E-state index contributed by atoms with van der Waals surface area (Å²) in [5.74, 6) is 0.0703. The molecule has 0 bridgehead atoms. The quantitative estimate of drug-likeness (QED) is 0.672. The van der Waals surface area contributed by atoms with Gasteiger partial charge in [0.1, 0.15) is 0 Å². The molecule has 5 heteroatoms. The predicted octanol–water partition coefficient (Wildman–Crippen LogP) is 1.27. The van der Waals surface area contributed by atoms with Gasteiger partial charge in [-0.15, -0.1) is 0 Å². The van der Waals surface area contributed by atoms with Gasteiger partial charge < -0.3 is 20.7 Å². The Morgan fingerprint density at radius 3 is 2.67 bits per heavy atom. The summed E-state index contributed by atoms with van der Waals surface area (Å²) in [6.45, 7) is 2.30. The number of benzene rings is 1. The van der Waals surface area contributed by atoms with Crippen LogP contribution in [0.15, 0.2) is 24.3 Å². The average molecular weight is 291 g/mol. The number of hydrogen-bond acceptors (Lipinski definition) is 4. The van der Waals surface area contributed by atoms with Crippen LogP contribution in [-0.2, 0) is 16.1 Å². The molecule has 0 aliphatic heterocycles. The molecule has 0 atom stereocenters. The van der Waals surface area contributed by atoms with Crippen molar-refractivity contribution in [1.82, 2.24) is 5.32 Å². The number of methoxy groups -OCH3 is 1. The molecule has 0 saturated heterocycles. The second-order valence-corrected chi connectivity index (χ2v) is 5.43. The number of ether oxygens (including phenoxy) is 1. The fourth-order valence-electron chi connectivity index (χ4n) is 2.30. The lowest BCUT2D eigenvalue weighted by Gasteiger charge is -2.24. The summed E-state index contributed by atoms with van der Waals surface area (Å²) in [6, 6.07) is 8.67. The Hall–Kier alpha value is -1.59. The normalized spacial score (nSPS) is 14.0. The molecule has 1 aromatic rings. The molecule has 1 amide bonds. The molecule has 1 fully saturated rings. The predicted molar refractivity (Wildman–Crippen MR) is 84.2 cm³/mol. The summed E-state index contributed by atoms with van der Waals surface area (Å²) in [5.41, 5.74) is 7.83. The maximum atomic E-state index is 12.0. The van der Waals surface area contributed by atoms with Crippen molar-refractivity contribution in [1.29, 1.82) is 0 Å². The molecule has 0 unspecified atom stereocenters. The molecule has 3 N–H and O–H groups in total. The summed E-state index contributed by atoms with van der Waals surface area (Å²) in [5, 5.41) is 2.94. The van der Waals surface area contributed by atoms with Crippen molar-refractivity contribution in [3.8, 4) is 0 Å². The van der Waals surface area contributed by atoms with Gasteiger partial charge in [-0.3, -0.25) is 4.79 Å². The van der Waals surface area contributed by atoms with Crippen molar-refractivity contribution in [2.75, 3.05) is 31.7 Å². The molecule has 0 radical (unpaired) electrons. The van der Waals surface area contributed by atoms with E-state index in [0.29, 0.717) is 32.3 Å². The lowest BCUT2D eigenvalue weighted by Crippen LogP contribution is -2.39. The minimum absolute atomic E-state index is 0.0703. The van der Waals surface area contributed by atoms with Crippen LogP contribution in [0.5, 0.6) is 0 Å². The van der Waals surface area contributed by atoms with E-state index < -0.39 is 0 Å². The fourth-order valence-corrected chi connectivity index (χ4v) is 2.30. The summed E-state index contributed by atoms with van der Waals surface area (Å²) in [7, 11) is 1.67. The number of carbonyl (C=O) groups is 1. The molecule has 1 aliphatic rings. The van der Waals surface area contributed by atoms with E-state index in [1.807, 2.05) is 12.1 Å². The van der Waals surface area contributed by atoms with E-state index in [1.54, 1.807) is 7.11 Å². The van der Waals surface area contributed by atoms with Crippen LogP contribution in [0.4, 0.5) is 5.69 Å². The Bertz CT molecular complexity index is 443. The standard InChI is InChI=1S/C16H25N3O2/c1-21-10-2-9-18-16(20)12-19(15-7-8-15)14-5-3-13(11-17)4-6-14/h3-6,15H,2,7-12,17H2,1H3,(H,18,20). The van der Waals surface area contributed by atoms with E-state index in [9.17, 15) is 4.79 Å². The second kappa shape index (κ2) is 8.00. The van der Waals surface area contributed by atoms with Gasteiger partial charge in [0.05, 0.1) is 6.54 Å². The van der Waals surface area contributed by atoms with Crippen molar-refractivity contribution in [2.45, 2.75) is 31.8 Å². The number of nitrogens with two attached hydrogens (primary N) is 1. The van der Waals surface area contributed by atoms with E-state index >= 15 is 0 Å². The number of rotatable bonds is 9. The number of carbonyl (C=O) groups excluding carboxylic acids is 1.